The zero-order valence-corrected chi connectivity index (χ0v) is 12.5. The van der Waals surface area contributed by atoms with E-state index in [0.717, 1.165) is 19.3 Å². The monoisotopic (exact) mass is 297 g/mol. The van der Waals surface area contributed by atoms with Crippen LogP contribution < -0.4 is 5.32 Å². The van der Waals surface area contributed by atoms with Gasteiger partial charge in [-0.3, -0.25) is 9.59 Å². The molecule has 0 aliphatic carbocycles. The molecule has 0 atom stereocenters. The Balaban J connectivity index is 1.69. The quantitative estimate of drug-likeness (QED) is 0.812. The van der Waals surface area contributed by atoms with E-state index in [1.54, 1.807) is 16.7 Å². The molecule has 2 fully saturated rings. The third-order valence-electron chi connectivity index (χ3n) is 3.89. The molecule has 0 radical (unpaired) electrons. The smallest absolute Gasteiger partial charge is 0.409 e. The van der Waals surface area contributed by atoms with E-state index in [-0.39, 0.29) is 30.5 Å². The molecule has 7 nitrogen and oxygen atoms in total. The fraction of sp³-hybridized carbons (Fsp3) is 0.786. The number of rotatable bonds is 4. The Morgan fingerprint density at radius 3 is 2.57 bits per heavy atom. The average Bonchev–Trinajstić information content (AvgIpc) is 2.85. The number of likely N-dealkylation sites (tertiary alicyclic amines) is 2. The molecular weight excluding hydrogens is 274 g/mol. The number of hydrogen-bond acceptors (Lipinski definition) is 4. The fourth-order valence-corrected chi connectivity index (χ4v) is 2.74. The number of nitrogens with zero attached hydrogens (tertiary/aromatic N) is 2. The summed E-state index contributed by atoms with van der Waals surface area (Å²) in [6, 6.07) is 0.0703. The maximum atomic E-state index is 11.9. The van der Waals surface area contributed by atoms with Crippen LogP contribution in [0.2, 0.25) is 0 Å². The summed E-state index contributed by atoms with van der Waals surface area (Å²) in [4.78, 5) is 38.2. The molecule has 0 unspecified atom stereocenters. The lowest BCUT2D eigenvalue weighted by molar-refractivity contribution is -0.133. The van der Waals surface area contributed by atoms with Crippen molar-refractivity contribution in [1.29, 1.82) is 0 Å². The van der Waals surface area contributed by atoms with Crippen molar-refractivity contribution in [3.63, 3.8) is 0 Å². The second kappa shape index (κ2) is 7.28. The predicted octanol–water partition coefficient (Wildman–Crippen LogP) is 0.346. The van der Waals surface area contributed by atoms with Gasteiger partial charge in [0.05, 0.1) is 13.2 Å². The molecule has 2 rings (SSSR count). The molecule has 0 aromatic rings. The van der Waals surface area contributed by atoms with Crippen molar-refractivity contribution >= 4 is 17.9 Å². The number of hydrogen-bond donors (Lipinski definition) is 1. The van der Waals surface area contributed by atoms with Crippen LogP contribution in [-0.4, -0.2) is 66.5 Å². The van der Waals surface area contributed by atoms with Gasteiger partial charge in [0.25, 0.3) is 0 Å². The second-order valence-electron chi connectivity index (χ2n) is 5.45. The molecule has 2 aliphatic heterocycles. The van der Waals surface area contributed by atoms with Crippen molar-refractivity contribution in [2.45, 2.75) is 38.6 Å². The normalized spacial score (nSPS) is 19.8. The third-order valence-corrected chi connectivity index (χ3v) is 3.89. The zero-order valence-electron chi connectivity index (χ0n) is 12.5. The molecule has 0 bridgehead atoms. The molecule has 0 saturated carbocycles. The summed E-state index contributed by atoms with van der Waals surface area (Å²) < 4.78 is 4.95. The SMILES string of the molecule is CCOC(=O)N1CCC(NC(=O)CN2CCCC2=O)CC1. The van der Waals surface area contributed by atoms with Crippen LogP contribution in [0.4, 0.5) is 4.79 Å². The van der Waals surface area contributed by atoms with E-state index in [0.29, 0.717) is 32.7 Å². The molecule has 2 heterocycles. The third kappa shape index (κ3) is 4.34. The minimum Gasteiger partial charge on any atom is -0.450 e. The molecule has 0 spiro atoms. The Bertz CT molecular complexity index is 405. The molecule has 3 amide bonds. The first kappa shape index (κ1) is 15.6. The lowest BCUT2D eigenvalue weighted by Gasteiger charge is -2.31. The fourth-order valence-electron chi connectivity index (χ4n) is 2.74. The molecule has 7 heteroatoms. The van der Waals surface area contributed by atoms with E-state index in [1.165, 1.54) is 0 Å². The van der Waals surface area contributed by atoms with Crippen molar-refractivity contribution in [1.82, 2.24) is 15.1 Å². The number of piperidine rings is 1. The van der Waals surface area contributed by atoms with E-state index in [2.05, 4.69) is 5.32 Å². The molecular formula is C14H23N3O4. The van der Waals surface area contributed by atoms with E-state index >= 15 is 0 Å². The van der Waals surface area contributed by atoms with E-state index < -0.39 is 0 Å². The Kier molecular flexibility index (Phi) is 5.41. The van der Waals surface area contributed by atoms with Crippen LogP contribution in [0.5, 0.6) is 0 Å². The molecule has 21 heavy (non-hydrogen) atoms. The molecule has 2 aliphatic rings. The van der Waals surface area contributed by atoms with Crippen LogP contribution in [-0.2, 0) is 14.3 Å². The van der Waals surface area contributed by atoms with Crippen LogP contribution in [0.1, 0.15) is 32.6 Å². The summed E-state index contributed by atoms with van der Waals surface area (Å²) in [5.41, 5.74) is 0. The summed E-state index contributed by atoms with van der Waals surface area (Å²) in [6.07, 6.45) is 2.54. The number of carbonyl (C=O) groups is 3. The summed E-state index contributed by atoms with van der Waals surface area (Å²) in [5, 5.41) is 2.95. The number of carbonyl (C=O) groups excluding carboxylic acids is 3. The summed E-state index contributed by atoms with van der Waals surface area (Å²) in [7, 11) is 0. The minimum atomic E-state index is -0.287. The molecule has 0 aromatic heterocycles. The first-order valence-electron chi connectivity index (χ1n) is 7.59. The van der Waals surface area contributed by atoms with Gasteiger partial charge >= 0.3 is 6.09 Å². The maximum absolute atomic E-state index is 11.9. The highest BCUT2D eigenvalue weighted by molar-refractivity contribution is 5.85. The van der Waals surface area contributed by atoms with Crippen LogP contribution >= 0.6 is 0 Å². The van der Waals surface area contributed by atoms with Crippen molar-refractivity contribution in [3.8, 4) is 0 Å². The van der Waals surface area contributed by atoms with Gasteiger partial charge in [-0.1, -0.05) is 0 Å². The summed E-state index contributed by atoms with van der Waals surface area (Å²) in [5.74, 6) is -0.0536. The van der Waals surface area contributed by atoms with Gasteiger partial charge in [-0.25, -0.2) is 4.79 Å². The van der Waals surface area contributed by atoms with Crippen LogP contribution in [0.15, 0.2) is 0 Å². The maximum Gasteiger partial charge on any atom is 0.409 e. The second-order valence-corrected chi connectivity index (χ2v) is 5.45. The lowest BCUT2D eigenvalue weighted by atomic mass is 10.1. The topological polar surface area (TPSA) is 79.0 Å². The number of ether oxygens (including phenoxy) is 1. The standard InChI is InChI=1S/C14H23N3O4/c1-2-21-14(20)16-8-5-11(6-9-16)15-12(18)10-17-7-3-4-13(17)19/h11H,2-10H2,1H3,(H,15,18). The summed E-state index contributed by atoms with van der Waals surface area (Å²) in [6.45, 7) is 4.16. The molecule has 0 aromatic carbocycles. The molecule has 118 valence electrons. The number of amides is 3. The van der Waals surface area contributed by atoms with Crippen molar-refractivity contribution in [2.24, 2.45) is 0 Å². The van der Waals surface area contributed by atoms with Gasteiger partial charge in [0.2, 0.25) is 11.8 Å². The zero-order chi connectivity index (χ0) is 15.2. The van der Waals surface area contributed by atoms with E-state index in [1.807, 2.05) is 0 Å². The van der Waals surface area contributed by atoms with Gasteiger partial charge in [0.1, 0.15) is 0 Å². The van der Waals surface area contributed by atoms with Crippen molar-refractivity contribution < 1.29 is 19.1 Å². The van der Waals surface area contributed by atoms with E-state index in [4.69, 9.17) is 4.74 Å². The average molecular weight is 297 g/mol. The van der Waals surface area contributed by atoms with Crippen molar-refractivity contribution in [3.05, 3.63) is 0 Å². The van der Waals surface area contributed by atoms with Gasteiger partial charge in [0.15, 0.2) is 0 Å². The van der Waals surface area contributed by atoms with Crippen LogP contribution in [0, 0.1) is 0 Å². The number of nitrogens with one attached hydrogen (secondary N) is 1. The summed E-state index contributed by atoms with van der Waals surface area (Å²) >= 11 is 0. The van der Waals surface area contributed by atoms with Gasteiger partial charge in [-0.15, -0.1) is 0 Å². The molecule has 1 N–H and O–H groups in total. The Morgan fingerprint density at radius 1 is 1.29 bits per heavy atom. The highest BCUT2D eigenvalue weighted by Gasteiger charge is 2.26. The first-order chi connectivity index (χ1) is 10.1. The largest absolute Gasteiger partial charge is 0.450 e. The van der Waals surface area contributed by atoms with Crippen molar-refractivity contribution in [2.75, 3.05) is 32.8 Å². The molecule has 2 saturated heterocycles. The Hall–Kier alpha value is -1.79. The van der Waals surface area contributed by atoms with Gasteiger partial charge in [-0.05, 0) is 26.2 Å². The Labute approximate surface area is 124 Å². The highest BCUT2D eigenvalue weighted by atomic mass is 16.6. The van der Waals surface area contributed by atoms with E-state index in [9.17, 15) is 14.4 Å². The van der Waals surface area contributed by atoms with Crippen LogP contribution in [0.3, 0.4) is 0 Å². The minimum absolute atomic E-state index is 0.0577. The lowest BCUT2D eigenvalue weighted by Crippen LogP contribution is -2.49. The highest BCUT2D eigenvalue weighted by Crippen LogP contribution is 2.12. The van der Waals surface area contributed by atoms with Gasteiger partial charge in [0, 0.05) is 32.1 Å². The predicted molar refractivity (Wildman–Crippen MR) is 75.6 cm³/mol. The first-order valence-corrected chi connectivity index (χ1v) is 7.59. The Morgan fingerprint density at radius 2 is 2.00 bits per heavy atom. The van der Waals surface area contributed by atoms with Gasteiger partial charge in [-0.2, -0.15) is 0 Å². The van der Waals surface area contributed by atoms with Crippen LogP contribution in [0.25, 0.3) is 0 Å². The van der Waals surface area contributed by atoms with Gasteiger partial charge < -0.3 is 19.9 Å².